The summed E-state index contributed by atoms with van der Waals surface area (Å²) in [4.78, 5) is 37.8. The Balaban J connectivity index is 1.84. The second-order valence-corrected chi connectivity index (χ2v) is 5.18. The molecular formula is C15H16FN5O4. The fourth-order valence-electron chi connectivity index (χ4n) is 1.99. The molecule has 0 saturated heterocycles. The van der Waals surface area contributed by atoms with Gasteiger partial charge in [0.15, 0.2) is 6.04 Å². The molecule has 3 amide bonds. The molecule has 9 nitrogen and oxygen atoms in total. The van der Waals surface area contributed by atoms with E-state index in [9.17, 15) is 18.8 Å². The van der Waals surface area contributed by atoms with Crippen LogP contribution in [0.2, 0.25) is 0 Å². The van der Waals surface area contributed by atoms with E-state index in [-0.39, 0.29) is 12.2 Å². The molecule has 0 aliphatic rings. The van der Waals surface area contributed by atoms with Crippen molar-refractivity contribution in [2.75, 3.05) is 0 Å². The number of carbonyl (C=O) groups excluding carboxylic acids is 3. The van der Waals surface area contributed by atoms with Crippen LogP contribution < -0.4 is 16.8 Å². The number of aromatic nitrogens is 2. The van der Waals surface area contributed by atoms with Crippen LogP contribution in [0.15, 0.2) is 28.8 Å². The molecule has 0 aliphatic carbocycles. The standard InChI is InChI=1S/C15H16FN5O4/c16-9-6-4-8(5-7-9)15-20-11(25-21-15)3-1-2-10(22)19-12(13(17)23)14(18)24/h4-7,12H,1-3H2,(H2,17,23)(H2,18,24)(H,19,22). The average Bonchev–Trinajstić information content (AvgIpc) is 3.01. The minimum Gasteiger partial charge on any atom is -0.367 e. The van der Waals surface area contributed by atoms with Crippen LogP contribution in [0, 0.1) is 5.82 Å². The highest BCUT2D eigenvalue weighted by molar-refractivity contribution is 6.05. The molecule has 5 N–H and O–H groups in total. The number of nitrogens with two attached hydrogens (primary N) is 2. The van der Waals surface area contributed by atoms with Crippen molar-refractivity contribution in [3.8, 4) is 11.4 Å². The third-order valence-electron chi connectivity index (χ3n) is 3.24. The van der Waals surface area contributed by atoms with Gasteiger partial charge in [-0.2, -0.15) is 4.98 Å². The summed E-state index contributed by atoms with van der Waals surface area (Å²) in [5, 5.41) is 5.93. The minimum absolute atomic E-state index is 0.00528. The zero-order valence-corrected chi connectivity index (χ0v) is 13.1. The Kier molecular flexibility index (Phi) is 5.77. The Labute approximate surface area is 141 Å². The van der Waals surface area contributed by atoms with E-state index in [4.69, 9.17) is 16.0 Å². The van der Waals surface area contributed by atoms with Crippen molar-refractivity contribution < 1.29 is 23.3 Å². The van der Waals surface area contributed by atoms with Crippen molar-refractivity contribution >= 4 is 17.7 Å². The van der Waals surface area contributed by atoms with Gasteiger partial charge >= 0.3 is 0 Å². The first kappa shape index (κ1) is 18.0. The summed E-state index contributed by atoms with van der Waals surface area (Å²) in [6, 6.07) is 4.06. The van der Waals surface area contributed by atoms with Crippen LogP contribution in [-0.2, 0) is 20.8 Å². The second kappa shape index (κ2) is 7.99. The number of amides is 3. The second-order valence-electron chi connectivity index (χ2n) is 5.18. The maximum absolute atomic E-state index is 12.9. The molecule has 0 bridgehead atoms. The Morgan fingerprint density at radius 1 is 1.16 bits per heavy atom. The fraction of sp³-hybridized carbons (Fsp3) is 0.267. The van der Waals surface area contributed by atoms with Gasteiger partial charge < -0.3 is 21.3 Å². The molecule has 10 heteroatoms. The van der Waals surface area contributed by atoms with Gasteiger partial charge in [0.25, 0.3) is 0 Å². The monoisotopic (exact) mass is 349 g/mol. The Hall–Kier alpha value is -3.30. The van der Waals surface area contributed by atoms with Crippen LogP contribution in [0.25, 0.3) is 11.4 Å². The molecule has 1 aromatic carbocycles. The third-order valence-corrected chi connectivity index (χ3v) is 3.24. The van der Waals surface area contributed by atoms with E-state index in [1.807, 2.05) is 0 Å². The van der Waals surface area contributed by atoms with E-state index in [1.54, 1.807) is 0 Å². The number of nitrogens with one attached hydrogen (secondary N) is 1. The lowest BCUT2D eigenvalue weighted by Crippen LogP contribution is -2.52. The SMILES string of the molecule is NC(=O)C(NC(=O)CCCc1nc(-c2ccc(F)cc2)no1)C(N)=O. The summed E-state index contributed by atoms with van der Waals surface area (Å²) in [6.45, 7) is 0. The van der Waals surface area contributed by atoms with Crippen molar-refractivity contribution in [2.24, 2.45) is 11.5 Å². The molecule has 132 valence electrons. The molecule has 0 unspecified atom stereocenters. The number of carbonyl (C=O) groups is 3. The van der Waals surface area contributed by atoms with Gasteiger partial charge in [0.1, 0.15) is 5.82 Å². The predicted octanol–water partition coefficient (Wildman–Crippen LogP) is -0.346. The maximum atomic E-state index is 12.9. The molecule has 1 aromatic heterocycles. The van der Waals surface area contributed by atoms with Gasteiger partial charge in [0.05, 0.1) is 0 Å². The smallest absolute Gasteiger partial charge is 0.249 e. The van der Waals surface area contributed by atoms with Crippen molar-refractivity contribution in [2.45, 2.75) is 25.3 Å². The summed E-state index contributed by atoms with van der Waals surface area (Å²) in [6.07, 6.45) is 0.645. The molecule has 0 radical (unpaired) electrons. The molecule has 25 heavy (non-hydrogen) atoms. The molecule has 2 rings (SSSR count). The summed E-state index contributed by atoms with van der Waals surface area (Å²) in [5.41, 5.74) is 10.5. The number of aryl methyl sites for hydroxylation is 1. The molecular weight excluding hydrogens is 333 g/mol. The largest absolute Gasteiger partial charge is 0.367 e. The van der Waals surface area contributed by atoms with Crippen LogP contribution in [0.1, 0.15) is 18.7 Å². The lowest BCUT2D eigenvalue weighted by molar-refractivity contribution is -0.134. The molecule has 0 spiro atoms. The first-order valence-electron chi connectivity index (χ1n) is 7.33. The molecule has 0 saturated carbocycles. The molecule has 0 atom stereocenters. The van der Waals surface area contributed by atoms with Crippen LogP contribution in [0.3, 0.4) is 0 Å². The number of primary amides is 2. The maximum Gasteiger partial charge on any atom is 0.249 e. The number of hydrogen-bond donors (Lipinski definition) is 3. The number of benzene rings is 1. The lowest BCUT2D eigenvalue weighted by Gasteiger charge is -2.11. The van der Waals surface area contributed by atoms with Crippen molar-refractivity contribution in [3.05, 3.63) is 36.0 Å². The molecule has 2 aromatic rings. The lowest BCUT2D eigenvalue weighted by atomic mass is 10.2. The van der Waals surface area contributed by atoms with E-state index in [0.717, 1.165) is 0 Å². The van der Waals surface area contributed by atoms with E-state index < -0.39 is 23.8 Å². The number of hydrogen-bond acceptors (Lipinski definition) is 6. The highest BCUT2D eigenvalue weighted by atomic mass is 19.1. The van der Waals surface area contributed by atoms with Gasteiger partial charge in [-0.05, 0) is 30.7 Å². The molecule has 0 fully saturated rings. The Morgan fingerprint density at radius 3 is 2.40 bits per heavy atom. The molecule has 1 heterocycles. The zero-order chi connectivity index (χ0) is 18.4. The van der Waals surface area contributed by atoms with Gasteiger partial charge in [-0.15, -0.1) is 0 Å². The summed E-state index contributed by atoms with van der Waals surface area (Å²) in [5.74, 6) is -2.37. The van der Waals surface area contributed by atoms with Crippen LogP contribution in [0.5, 0.6) is 0 Å². The van der Waals surface area contributed by atoms with Gasteiger partial charge in [-0.3, -0.25) is 14.4 Å². The normalized spacial score (nSPS) is 10.6. The van der Waals surface area contributed by atoms with Gasteiger partial charge in [0, 0.05) is 18.4 Å². The van der Waals surface area contributed by atoms with Gasteiger partial charge in [-0.25, -0.2) is 4.39 Å². The first-order chi connectivity index (χ1) is 11.9. The van der Waals surface area contributed by atoms with Crippen molar-refractivity contribution in [3.63, 3.8) is 0 Å². The van der Waals surface area contributed by atoms with Crippen LogP contribution >= 0.6 is 0 Å². The quantitative estimate of drug-likeness (QED) is 0.554. The van der Waals surface area contributed by atoms with Gasteiger partial charge in [0.2, 0.25) is 29.4 Å². The number of halogens is 1. The summed E-state index contributed by atoms with van der Waals surface area (Å²) in [7, 11) is 0. The summed E-state index contributed by atoms with van der Waals surface area (Å²) >= 11 is 0. The van der Waals surface area contributed by atoms with E-state index in [2.05, 4.69) is 15.5 Å². The Morgan fingerprint density at radius 2 is 1.80 bits per heavy atom. The highest BCUT2D eigenvalue weighted by Gasteiger charge is 2.23. The van der Waals surface area contributed by atoms with Gasteiger partial charge in [-0.1, -0.05) is 5.16 Å². The Bertz CT molecular complexity index is 760. The van der Waals surface area contributed by atoms with E-state index >= 15 is 0 Å². The third kappa shape index (κ3) is 5.09. The average molecular weight is 349 g/mol. The highest BCUT2D eigenvalue weighted by Crippen LogP contribution is 2.16. The van der Waals surface area contributed by atoms with Crippen LogP contribution in [0.4, 0.5) is 4.39 Å². The fourth-order valence-corrected chi connectivity index (χ4v) is 1.99. The summed E-state index contributed by atoms with van der Waals surface area (Å²) < 4.78 is 17.9. The topological polar surface area (TPSA) is 154 Å². The number of rotatable bonds is 8. The molecule has 0 aliphatic heterocycles. The number of nitrogens with zero attached hydrogens (tertiary/aromatic N) is 2. The van der Waals surface area contributed by atoms with Crippen molar-refractivity contribution in [1.29, 1.82) is 0 Å². The van der Waals surface area contributed by atoms with E-state index in [1.165, 1.54) is 24.3 Å². The van der Waals surface area contributed by atoms with E-state index in [0.29, 0.717) is 30.1 Å². The van der Waals surface area contributed by atoms with Crippen LogP contribution in [-0.4, -0.2) is 33.9 Å². The van der Waals surface area contributed by atoms with Crippen molar-refractivity contribution in [1.82, 2.24) is 15.5 Å². The zero-order valence-electron chi connectivity index (χ0n) is 13.1. The minimum atomic E-state index is -1.54. The predicted molar refractivity (Wildman–Crippen MR) is 82.9 cm³/mol. The first-order valence-corrected chi connectivity index (χ1v) is 7.33.